The summed E-state index contributed by atoms with van der Waals surface area (Å²) in [6, 6.07) is 43.7. The Morgan fingerprint density at radius 3 is 1.18 bits per heavy atom. The minimum Gasteiger partial charge on any atom is -0.466 e. The number of hydrogen-bond donors (Lipinski definition) is 1. The van der Waals surface area contributed by atoms with Crippen molar-refractivity contribution in [1.82, 2.24) is 0 Å². The van der Waals surface area contributed by atoms with E-state index < -0.39 is 16.6 Å². The van der Waals surface area contributed by atoms with Crippen LogP contribution in [0, 0.1) is 45.3 Å². The molecule has 0 heterocycles. The Balaban J connectivity index is 0.000000255. The van der Waals surface area contributed by atoms with Gasteiger partial charge in [-0.05, 0) is 102 Å². The van der Waals surface area contributed by atoms with Crippen LogP contribution in [0.1, 0.15) is 123 Å². The zero-order valence-corrected chi connectivity index (χ0v) is 46.7. The molecule has 0 aliphatic heterocycles. The number of aliphatic hydroxyl groups excluding tert-OH is 1. The second-order valence-corrected chi connectivity index (χ2v) is 32.4. The predicted octanol–water partition coefficient (Wildman–Crippen LogP) is 12.6. The maximum Gasteiger partial charge on any atom is 0.330 e. The van der Waals surface area contributed by atoms with Gasteiger partial charge >= 0.3 is 5.97 Å². The van der Waals surface area contributed by atoms with Crippen molar-refractivity contribution in [2.75, 3.05) is 26.9 Å². The average Bonchev–Trinajstić information content (AvgIpc) is 3.70. The molecule has 2 fully saturated rings. The fraction of sp³-hybridized carbons (Fsp3) is 0.525. The summed E-state index contributed by atoms with van der Waals surface area (Å²) in [4.78, 5) is 11.7. The minimum atomic E-state index is -2.56. The first-order chi connectivity index (χ1) is 31.9. The maximum absolute atomic E-state index is 11.7. The molecule has 0 amide bonds. The van der Waals surface area contributed by atoms with E-state index in [9.17, 15) is 9.90 Å². The number of methoxy groups -OCH3 is 1. The van der Waals surface area contributed by atoms with Gasteiger partial charge in [0.15, 0.2) is 0 Å². The number of rotatable bonds is 16. The molecule has 0 aromatic heterocycles. The van der Waals surface area contributed by atoms with Crippen LogP contribution in [0.3, 0.4) is 0 Å². The monoisotopic (exact) mass is 957 g/mol. The van der Waals surface area contributed by atoms with Gasteiger partial charge in [0, 0.05) is 19.3 Å². The van der Waals surface area contributed by atoms with Crippen LogP contribution in [0.4, 0.5) is 0 Å². The minimum absolute atomic E-state index is 0.00108. The summed E-state index contributed by atoms with van der Waals surface area (Å²) in [5, 5.41) is 14.6. The number of ether oxygens (including phenoxy) is 1. The fourth-order valence-electron chi connectivity index (χ4n) is 12.4. The summed E-state index contributed by atoms with van der Waals surface area (Å²) in [5.41, 5.74) is 0.436. The number of aliphatic hydroxyl groups is 1. The Labute approximate surface area is 415 Å². The van der Waals surface area contributed by atoms with Crippen LogP contribution >= 0.6 is 0 Å². The Bertz CT molecular complexity index is 2160. The van der Waals surface area contributed by atoms with Gasteiger partial charge in [0.1, 0.15) is 0 Å². The van der Waals surface area contributed by atoms with Crippen molar-refractivity contribution in [3.05, 3.63) is 146 Å². The van der Waals surface area contributed by atoms with E-state index in [0.29, 0.717) is 17.8 Å². The molecule has 0 spiro atoms. The first-order valence-corrected chi connectivity index (χ1v) is 29.3. The molecule has 2 saturated carbocycles. The number of carbonyl (C=O) groups is 1. The molecule has 0 saturated heterocycles. The van der Waals surface area contributed by atoms with E-state index in [-0.39, 0.29) is 50.2 Å². The van der Waals surface area contributed by atoms with Crippen molar-refractivity contribution >= 4 is 43.4 Å². The van der Waals surface area contributed by atoms with E-state index in [1.165, 1.54) is 40.7 Å². The smallest absolute Gasteiger partial charge is 0.330 e. The zero-order valence-electron chi connectivity index (χ0n) is 44.7. The van der Waals surface area contributed by atoms with Crippen molar-refractivity contribution in [2.45, 2.75) is 133 Å². The Kier molecular flexibility index (Phi) is 17.9. The van der Waals surface area contributed by atoms with Crippen LogP contribution in [0.5, 0.6) is 0 Å². The topological polar surface area (TPSA) is 65.0 Å². The molecule has 0 radical (unpaired) electrons. The molecule has 68 heavy (non-hydrogen) atoms. The highest BCUT2D eigenvalue weighted by Gasteiger charge is 2.57. The third kappa shape index (κ3) is 10.7. The van der Waals surface area contributed by atoms with Crippen molar-refractivity contribution in [3.8, 4) is 0 Å². The van der Waals surface area contributed by atoms with E-state index >= 15 is 0 Å². The molecular formula is C61H88O5Si2. The molecule has 4 aromatic carbocycles. The number of esters is 1. The summed E-state index contributed by atoms with van der Waals surface area (Å²) >= 11 is 0. The number of hydrogen-bond acceptors (Lipinski definition) is 5. The van der Waals surface area contributed by atoms with E-state index in [4.69, 9.17) is 13.6 Å². The molecule has 2 aliphatic carbocycles. The second kappa shape index (κ2) is 22.1. The van der Waals surface area contributed by atoms with Gasteiger partial charge in [-0.1, -0.05) is 236 Å². The summed E-state index contributed by atoms with van der Waals surface area (Å²) in [7, 11) is -3.66. The highest BCUT2D eigenvalue weighted by molar-refractivity contribution is 7.00. The molecule has 4 aromatic rings. The Hall–Kier alpha value is -3.86. The van der Waals surface area contributed by atoms with Gasteiger partial charge in [0.2, 0.25) is 0 Å². The van der Waals surface area contributed by atoms with Gasteiger partial charge in [-0.3, -0.25) is 0 Å². The molecule has 1 N–H and O–H groups in total. The molecule has 0 bridgehead atoms. The van der Waals surface area contributed by atoms with E-state index in [1.807, 2.05) is 12.2 Å². The van der Waals surface area contributed by atoms with E-state index in [1.54, 1.807) is 6.08 Å². The number of allylic oxidation sites excluding steroid dienone is 2. The van der Waals surface area contributed by atoms with Gasteiger partial charge in [-0.15, -0.1) is 0 Å². The quantitative estimate of drug-likeness (QED) is 0.0525. The van der Waals surface area contributed by atoms with Crippen LogP contribution in [-0.4, -0.2) is 54.6 Å². The third-order valence-corrected chi connectivity index (χ3v) is 28.1. The average molecular weight is 958 g/mol. The van der Waals surface area contributed by atoms with Crippen LogP contribution in [0.25, 0.3) is 0 Å². The molecular weight excluding hydrogens is 869 g/mol. The van der Waals surface area contributed by atoms with Gasteiger partial charge in [-0.2, -0.15) is 0 Å². The summed E-state index contributed by atoms with van der Waals surface area (Å²) in [6.07, 6.45) is 12.3. The predicted molar refractivity (Wildman–Crippen MR) is 292 cm³/mol. The highest BCUT2D eigenvalue weighted by Crippen LogP contribution is 2.61. The van der Waals surface area contributed by atoms with Crippen molar-refractivity contribution in [2.24, 2.45) is 45.3 Å². The lowest BCUT2D eigenvalue weighted by Crippen LogP contribution is -2.67. The zero-order chi connectivity index (χ0) is 50.2. The normalized spacial score (nSPS) is 23.8. The van der Waals surface area contributed by atoms with E-state index in [2.05, 4.69) is 224 Å². The van der Waals surface area contributed by atoms with Crippen molar-refractivity contribution < 1.29 is 23.5 Å². The highest BCUT2D eigenvalue weighted by atomic mass is 28.4. The number of benzene rings is 4. The second-order valence-electron chi connectivity index (χ2n) is 23.8. The molecule has 2 aliphatic rings. The maximum atomic E-state index is 11.7. The Morgan fingerprint density at radius 2 is 0.897 bits per heavy atom. The molecule has 370 valence electrons. The summed E-state index contributed by atoms with van der Waals surface area (Å²) < 4.78 is 19.5. The van der Waals surface area contributed by atoms with Crippen molar-refractivity contribution in [3.63, 3.8) is 0 Å². The van der Waals surface area contributed by atoms with Gasteiger partial charge in [0.25, 0.3) is 16.6 Å². The standard InChI is InChI=1S/C31H44O3Si.C30H44O2Si/c1-24(19-20-28(32)33-8)31(7)22-21-25(30(31,5)6)23-34-35(29(2,3)4,26-15-11-9-12-16-26)27-17-13-10-14-18-27;1-24(15-14-22-31)30(7)21-20-25(29(30,5)6)23-32-33(28(2,3)4,26-16-10-8-11-17-26)27-18-12-9-13-19-27/h9-20,24-25H,21-23H2,1-8H3;8-19,24-25,31H,20-23H2,1-7H3/b20-19+;15-14+/t24-,25-,31+;24-,25-,30+/m00/s1. The first kappa shape index (κ1) is 55.1. The van der Waals surface area contributed by atoms with E-state index in [0.717, 1.165) is 26.1 Å². The summed E-state index contributed by atoms with van der Waals surface area (Å²) in [6.45, 7) is 34.7. The molecule has 7 heteroatoms. The van der Waals surface area contributed by atoms with Gasteiger partial charge in [0.05, 0.1) is 13.7 Å². The largest absolute Gasteiger partial charge is 0.466 e. The van der Waals surface area contributed by atoms with Crippen LogP contribution < -0.4 is 20.7 Å². The van der Waals surface area contributed by atoms with Crippen molar-refractivity contribution in [1.29, 1.82) is 0 Å². The number of carbonyl (C=O) groups excluding carboxylic acids is 1. The molecule has 6 rings (SSSR count). The molecule has 0 unspecified atom stereocenters. The van der Waals surface area contributed by atoms with Gasteiger partial charge in [-0.25, -0.2) is 4.79 Å². The lowest BCUT2D eigenvalue weighted by Gasteiger charge is -2.47. The first-order valence-electron chi connectivity index (χ1n) is 25.4. The Morgan fingerprint density at radius 1 is 0.588 bits per heavy atom. The van der Waals surface area contributed by atoms with Crippen LogP contribution in [0.2, 0.25) is 10.1 Å². The third-order valence-electron chi connectivity index (χ3n) is 18.1. The lowest BCUT2D eigenvalue weighted by atomic mass is 9.60. The SMILES string of the molecule is COC(=O)/C=C/[C@H](C)[C@@]1(C)CC[C@@H](CO[Si](c2ccccc2)(c2ccccc2)C(C)(C)C)C1(C)C.C[C@@H](/C=C/CO)[C@@]1(C)CC[C@@H](CO[Si](c2ccccc2)(c2ccccc2)C(C)(C)C)C1(C)C. The van der Waals surface area contributed by atoms with Crippen LogP contribution in [0.15, 0.2) is 146 Å². The molecule has 6 atom stereocenters. The fourth-order valence-corrected chi connectivity index (χ4v) is 21.6. The van der Waals surface area contributed by atoms with Crippen LogP contribution in [-0.2, 0) is 18.4 Å². The van der Waals surface area contributed by atoms with Gasteiger partial charge < -0.3 is 18.7 Å². The summed E-state index contributed by atoms with van der Waals surface area (Å²) in [5.74, 6) is 1.31. The molecule has 5 nitrogen and oxygen atoms in total. The lowest BCUT2D eigenvalue weighted by molar-refractivity contribution is -0.134.